The zero-order chi connectivity index (χ0) is 20.2. The highest BCUT2D eigenvalue weighted by molar-refractivity contribution is 5.86. The number of unbranched alkanes of at least 4 members (excludes halogenated alkanes) is 1. The normalized spacial score (nSPS) is 17.2. The highest BCUT2D eigenvalue weighted by Crippen LogP contribution is 2.23. The molecule has 0 radical (unpaired) electrons. The van der Waals surface area contributed by atoms with Gasteiger partial charge in [-0.2, -0.15) is 15.1 Å². The van der Waals surface area contributed by atoms with Gasteiger partial charge in [0.15, 0.2) is 11.3 Å². The second-order valence-electron chi connectivity index (χ2n) is 7.77. The van der Waals surface area contributed by atoms with Gasteiger partial charge in [-0.05, 0) is 24.0 Å². The summed E-state index contributed by atoms with van der Waals surface area (Å²) in [5.74, 6) is 0.336. The molecule has 5 N–H and O–H groups in total. The van der Waals surface area contributed by atoms with E-state index < -0.39 is 0 Å². The maximum absolute atomic E-state index is 6.05. The van der Waals surface area contributed by atoms with Crippen LogP contribution in [0.25, 0.3) is 11.0 Å². The van der Waals surface area contributed by atoms with Gasteiger partial charge in [-0.25, -0.2) is 0 Å². The Bertz CT molecular complexity index is 954. The van der Waals surface area contributed by atoms with E-state index in [4.69, 9.17) is 16.2 Å². The van der Waals surface area contributed by atoms with Crippen LogP contribution in [0.2, 0.25) is 0 Å². The molecule has 2 aromatic heterocycles. The third-order valence-electron chi connectivity index (χ3n) is 5.33. The zero-order valence-corrected chi connectivity index (χ0v) is 16.9. The lowest BCUT2D eigenvalue weighted by Crippen LogP contribution is -2.26. The maximum Gasteiger partial charge on any atom is 0.319 e. The van der Waals surface area contributed by atoms with Crippen LogP contribution in [0.3, 0.4) is 0 Å². The summed E-state index contributed by atoms with van der Waals surface area (Å²) in [4.78, 5) is 11.1. The van der Waals surface area contributed by atoms with Crippen LogP contribution in [0, 0.1) is 0 Å². The standard InChI is InChI=1S/C21H29N7O/c1-2-3-10-29-21-24-18-17(26-27-19(18)20(23)25-21)11-14-4-6-15(7-5-14)12-28-9-8-16(22)13-28/h4-7,16H,2-3,8-13,22H2,1H3,(H,26,27)(H2,23,24,25)/t16-/m0/s1. The number of ether oxygens (including phenoxy) is 1. The molecule has 0 unspecified atom stereocenters. The second kappa shape index (κ2) is 8.75. The third kappa shape index (κ3) is 4.65. The molecule has 1 saturated heterocycles. The number of benzene rings is 1. The summed E-state index contributed by atoms with van der Waals surface area (Å²) in [6.07, 6.45) is 3.78. The molecule has 8 heteroatoms. The van der Waals surface area contributed by atoms with Gasteiger partial charge < -0.3 is 16.2 Å². The van der Waals surface area contributed by atoms with Crippen LogP contribution < -0.4 is 16.2 Å². The molecule has 4 rings (SSSR count). The number of hydrogen-bond donors (Lipinski definition) is 3. The lowest BCUT2D eigenvalue weighted by atomic mass is 10.1. The van der Waals surface area contributed by atoms with Crippen molar-refractivity contribution < 1.29 is 4.74 Å². The maximum atomic E-state index is 6.05. The number of anilines is 1. The van der Waals surface area contributed by atoms with E-state index in [0.717, 1.165) is 50.1 Å². The zero-order valence-electron chi connectivity index (χ0n) is 16.9. The summed E-state index contributed by atoms with van der Waals surface area (Å²) < 4.78 is 5.64. The SMILES string of the molecule is CCCCOc1nc(N)c2n[nH]c(Cc3ccc(CN4CC[C@H](N)C4)cc3)c2n1. The molecule has 1 atom stereocenters. The molecule has 3 heterocycles. The Morgan fingerprint density at radius 3 is 2.69 bits per heavy atom. The highest BCUT2D eigenvalue weighted by Gasteiger charge is 2.19. The first-order valence-corrected chi connectivity index (χ1v) is 10.3. The van der Waals surface area contributed by atoms with Gasteiger partial charge in [-0.1, -0.05) is 37.6 Å². The van der Waals surface area contributed by atoms with Crippen LogP contribution >= 0.6 is 0 Å². The number of fused-ring (bicyclic) bond motifs is 1. The molecular weight excluding hydrogens is 366 g/mol. The number of aromatic amines is 1. The average Bonchev–Trinajstić information content (AvgIpc) is 3.30. The van der Waals surface area contributed by atoms with E-state index in [1.54, 1.807) is 0 Å². The molecular formula is C21H29N7O. The molecule has 0 aliphatic carbocycles. The molecule has 0 spiro atoms. The number of H-pyrrole nitrogens is 1. The van der Waals surface area contributed by atoms with Gasteiger partial charge in [0.25, 0.3) is 0 Å². The Kier molecular flexibility index (Phi) is 5.92. The van der Waals surface area contributed by atoms with Gasteiger partial charge >= 0.3 is 6.01 Å². The van der Waals surface area contributed by atoms with E-state index in [1.807, 2.05) is 0 Å². The summed E-state index contributed by atoms with van der Waals surface area (Å²) in [6.45, 7) is 5.70. The van der Waals surface area contributed by atoms with Crippen molar-refractivity contribution in [1.82, 2.24) is 25.1 Å². The minimum absolute atomic E-state index is 0.310. The Morgan fingerprint density at radius 2 is 1.97 bits per heavy atom. The predicted molar refractivity (Wildman–Crippen MR) is 114 cm³/mol. The summed E-state index contributed by atoms with van der Waals surface area (Å²) in [5, 5.41) is 7.36. The van der Waals surface area contributed by atoms with Crippen molar-refractivity contribution in [1.29, 1.82) is 0 Å². The summed E-state index contributed by atoms with van der Waals surface area (Å²) in [6, 6.07) is 9.29. The van der Waals surface area contributed by atoms with Crippen molar-refractivity contribution >= 4 is 16.9 Å². The fourth-order valence-corrected chi connectivity index (χ4v) is 3.67. The van der Waals surface area contributed by atoms with E-state index in [9.17, 15) is 0 Å². The van der Waals surface area contributed by atoms with Gasteiger partial charge in [0.05, 0.1) is 12.3 Å². The number of likely N-dealkylation sites (tertiary alicyclic amines) is 1. The molecule has 0 bridgehead atoms. The topological polar surface area (TPSA) is 119 Å². The average molecular weight is 396 g/mol. The Hall–Kier alpha value is -2.71. The number of nitrogens with zero attached hydrogens (tertiary/aromatic N) is 4. The second-order valence-corrected chi connectivity index (χ2v) is 7.77. The molecule has 3 aromatic rings. The van der Waals surface area contributed by atoms with Gasteiger partial charge in [0.1, 0.15) is 5.52 Å². The highest BCUT2D eigenvalue weighted by atomic mass is 16.5. The lowest BCUT2D eigenvalue weighted by molar-refractivity contribution is 0.287. The smallest absolute Gasteiger partial charge is 0.319 e. The van der Waals surface area contributed by atoms with Crippen LogP contribution in [0.4, 0.5) is 5.82 Å². The third-order valence-corrected chi connectivity index (χ3v) is 5.33. The number of hydrogen-bond acceptors (Lipinski definition) is 7. The summed E-state index contributed by atoms with van der Waals surface area (Å²) in [5.41, 5.74) is 16.8. The van der Waals surface area contributed by atoms with E-state index in [2.05, 4.69) is 56.3 Å². The Morgan fingerprint density at radius 1 is 1.17 bits per heavy atom. The van der Waals surface area contributed by atoms with Crippen LogP contribution in [0.1, 0.15) is 43.0 Å². The fraction of sp³-hybridized carbons (Fsp3) is 0.476. The largest absolute Gasteiger partial charge is 0.463 e. The van der Waals surface area contributed by atoms with Crippen molar-refractivity contribution in [3.8, 4) is 6.01 Å². The molecule has 0 amide bonds. The summed E-state index contributed by atoms with van der Waals surface area (Å²) >= 11 is 0. The van der Waals surface area contributed by atoms with E-state index >= 15 is 0 Å². The quantitative estimate of drug-likeness (QED) is 0.500. The summed E-state index contributed by atoms with van der Waals surface area (Å²) in [7, 11) is 0. The van der Waals surface area contributed by atoms with Crippen LogP contribution in [0.15, 0.2) is 24.3 Å². The van der Waals surface area contributed by atoms with Crippen molar-refractivity contribution in [3.63, 3.8) is 0 Å². The molecule has 1 fully saturated rings. The first kappa shape index (κ1) is 19.6. The molecule has 1 aliphatic heterocycles. The first-order valence-electron chi connectivity index (χ1n) is 10.3. The fourth-order valence-electron chi connectivity index (χ4n) is 3.67. The van der Waals surface area contributed by atoms with Crippen LogP contribution in [0.5, 0.6) is 6.01 Å². The number of nitrogens with two attached hydrogens (primary N) is 2. The van der Waals surface area contributed by atoms with Crippen molar-refractivity contribution in [2.45, 2.75) is 45.2 Å². The number of rotatable bonds is 8. The molecule has 29 heavy (non-hydrogen) atoms. The molecule has 1 aromatic carbocycles. The van der Waals surface area contributed by atoms with Gasteiger partial charge in [0.2, 0.25) is 0 Å². The number of aromatic nitrogens is 4. The minimum atomic E-state index is 0.310. The van der Waals surface area contributed by atoms with Crippen LogP contribution in [-0.4, -0.2) is 50.8 Å². The molecule has 1 aliphatic rings. The van der Waals surface area contributed by atoms with Crippen LogP contribution in [-0.2, 0) is 13.0 Å². The van der Waals surface area contributed by atoms with Crippen molar-refractivity contribution in [2.24, 2.45) is 5.73 Å². The minimum Gasteiger partial charge on any atom is -0.463 e. The van der Waals surface area contributed by atoms with E-state index in [-0.39, 0.29) is 0 Å². The van der Waals surface area contributed by atoms with E-state index in [0.29, 0.717) is 36.4 Å². The van der Waals surface area contributed by atoms with E-state index in [1.165, 1.54) is 11.1 Å². The van der Waals surface area contributed by atoms with Gasteiger partial charge in [-0.3, -0.25) is 10.00 Å². The first-order chi connectivity index (χ1) is 14.1. The Balaban J connectivity index is 1.47. The van der Waals surface area contributed by atoms with Crippen molar-refractivity contribution in [2.75, 3.05) is 25.4 Å². The van der Waals surface area contributed by atoms with Gasteiger partial charge in [0, 0.05) is 32.1 Å². The van der Waals surface area contributed by atoms with Crippen molar-refractivity contribution in [3.05, 3.63) is 41.1 Å². The molecule has 8 nitrogen and oxygen atoms in total. The number of nitrogens with one attached hydrogen (secondary N) is 1. The molecule has 0 saturated carbocycles. The molecule has 154 valence electrons. The van der Waals surface area contributed by atoms with Gasteiger partial charge in [-0.15, -0.1) is 0 Å². The number of nitrogen functional groups attached to an aromatic ring is 1. The predicted octanol–water partition coefficient (Wildman–Crippen LogP) is 2.24. The monoisotopic (exact) mass is 395 g/mol. The lowest BCUT2D eigenvalue weighted by Gasteiger charge is -2.15. The Labute approximate surface area is 170 Å².